The third kappa shape index (κ3) is 10.4. The van der Waals surface area contributed by atoms with E-state index in [-0.39, 0.29) is 29.9 Å². The van der Waals surface area contributed by atoms with Crippen LogP contribution < -0.4 is 10.6 Å². The van der Waals surface area contributed by atoms with Crippen LogP contribution >= 0.6 is 0 Å². The van der Waals surface area contributed by atoms with E-state index in [9.17, 15) is 9.59 Å². The summed E-state index contributed by atoms with van der Waals surface area (Å²) in [7, 11) is 0. The molecule has 2 aliphatic heterocycles. The largest absolute Gasteiger partial charge is 0.446 e. The number of amides is 2. The molecule has 0 bridgehead atoms. The van der Waals surface area contributed by atoms with Crippen molar-refractivity contribution in [2.24, 2.45) is 5.92 Å². The van der Waals surface area contributed by atoms with E-state index >= 15 is 0 Å². The first kappa shape index (κ1) is 39.2. The number of piperidine rings is 2. The van der Waals surface area contributed by atoms with Gasteiger partial charge >= 0.3 is 12.2 Å². The minimum absolute atomic E-state index is 0.0753. The van der Waals surface area contributed by atoms with Gasteiger partial charge in [0.1, 0.15) is 12.2 Å². The quantitative estimate of drug-likeness (QED) is 0.142. The fourth-order valence-electron chi connectivity index (χ4n) is 8.89. The summed E-state index contributed by atoms with van der Waals surface area (Å²) in [5.41, 5.74) is 6.87. The summed E-state index contributed by atoms with van der Waals surface area (Å²) in [6, 6.07) is 12.2. The van der Waals surface area contributed by atoms with E-state index in [1.54, 1.807) is 0 Å². The van der Waals surface area contributed by atoms with Gasteiger partial charge in [0.2, 0.25) is 0 Å². The van der Waals surface area contributed by atoms with E-state index in [0.29, 0.717) is 11.8 Å². The third-order valence-corrected chi connectivity index (χ3v) is 12.1. The zero-order valence-electron chi connectivity index (χ0n) is 33.8. The predicted molar refractivity (Wildman–Crippen MR) is 223 cm³/mol. The molecule has 2 aromatic heterocycles. The van der Waals surface area contributed by atoms with E-state index in [4.69, 9.17) is 9.47 Å². The van der Waals surface area contributed by atoms with Crippen molar-refractivity contribution >= 4 is 45.4 Å². The lowest BCUT2D eigenvalue weighted by Crippen LogP contribution is -2.45. The Balaban J connectivity index is 0.000000170. The lowest BCUT2D eigenvalue weighted by Gasteiger charge is -2.40. The van der Waals surface area contributed by atoms with E-state index in [2.05, 4.69) is 95.6 Å². The van der Waals surface area contributed by atoms with Gasteiger partial charge in [-0.3, -0.25) is 15.5 Å². The van der Waals surface area contributed by atoms with Crippen LogP contribution in [0.3, 0.4) is 0 Å². The van der Waals surface area contributed by atoms with Crippen LogP contribution in [0.2, 0.25) is 0 Å². The van der Waals surface area contributed by atoms with Crippen LogP contribution in [0.25, 0.3) is 21.8 Å². The van der Waals surface area contributed by atoms with Gasteiger partial charge in [-0.25, -0.2) is 9.59 Å². The Morgan fingerprint density at radius 3 is 1.62 bits per heavy atom. The van der Waals surface area contributed by atoms with Gasteiger partial charge in [-0.1, -0.05) is 20.3 Å². The molecule has 2 aliphatic carbocycles. The molecular weight excluding hydrogens is 689 g/mol. The lowest BCUT2D eigenvalue weighted by atomic mass is 9.87. The van der Waals surface area contributed by atoms with Crippen molar-refractivity contribution in [3.63, 3.8) is 0 Å². The van der Waals surface area contributed by atoms with E-state index in [0.717, 1.165) is 79.9 Å². The number of carbonyl (C=O) groups is 2. The van der Waals surface area contributed by atoms with Crippen LogP contribution in [0.4, 0.5) is 21.0 Å². The highest BCUT2D eigenvalue weighted by atomic mass is 16.6. The van der Waals surface area contributed by atoms with Crippen molar-refractivity contribution in [3.8, 4) is 0 Å². The molecule has 4 fully saturated rings. The molecule has 0 unspecified atom stereocenters. The molecule has 0 radical (unpaired) electrons. The first-order chi connectivity index (χ1) is 26.5. The monoisotopic (exact) mass is 752 g/mol. The molecule has 4 heterocycles. The molecule has 4 aliphatic rings. The minimum atomic E-state index is -0.345. The molecule has 4 N–H and O–H groups in total. The van der Waals surface area contributed by atoms with Gasteiger partial charge in [-0.15, -0.1) is 0 Å². The number of rotatable bonds is 8. The number of H-pyrrole nitrogens is 2. The summed E-state index contributed by atoms with van der Waals surface area (Å²) >= 11 is 0. The highest BCUT2D eigenvalue weighted by molar-refractivity contribution is 5.93. The molecule has 298 valence electrons. The molecule has 0 spiro atoms. The molecular formula is C45H64N6O4. The first-order valence-corrected chi connectivity index (χ1v) is 21.1. The summed E-state index contributed by atoms with van der Waals surface area (Å²) in [5.74, 6) is 1.87. The third-order valence-electron chi connectivity index (χ3n) is 12.1. The number of hydrogen-bond acceptors (Lipinski definition) is 6. The Hall–Kier alpha value is -4.02. The van der Waals surface area contributed by atoms with Crippen molar-refractivity contribution in [2.75, 3.05) is 43.4 Å². The number of fused-ring (bicyclic) bond motifs is 2. The number of carbonyl (C=O) groups excluding carboxylic acids is 2. The van der Waals surface area contributed by atoms with E-state index in [1.165, 1.54) is 73.6 Å². The highest BCUT2D eigenvalue weighted by Crippen LogP contribution is 2.37. The summed E-state index contributed by atoms with van der Waals surface area (Å²) in [6.07, 6.45) is 16.1. The zero-order valence-corrected chi connectivity index (χ0v) is 33.8. The second-order valence-electron chi connectivity index (χ2n) is 17.9. The van der Waals surface area contributed by atoms with Crippen LogP contribution in [0.15, 0.2) is 48.8 Å². The predicted octanol–water partition coefficient (Wildman–Crippen LogP) is 10.7. The van der Waals surface area contributed by atoms with Gasteiger partial charge < -0.3 is 24.3 Å². The van der Waals surface area contributed by atoms with E-state index in [1.807, 2.05) is 18.2 Å². The Kier molecular flexibility index (Phi) is 12.4. The van der Waals surface area contributed by atoms with E-state index < -0.39 is 0 Å². The fraction of sp³-hybridized carbons (Fsp3) is 0.600. The topological polar surface area (TPSA) is 115 Å². The molecule has 8 rings (SSSR count). The van der Waals surface area contributed by atoms with Crippen molar-refractivity contribution in [1.82, 2.24) is 19.8 Å². The highest BCUT2D eigenvalue weighted by Gasteiger charge is 2.30. The smallest absolute Gasteiger partial charge is 0.411 e. The number of benzene rings is 2. The molecule has 10 nitrogen and oxygen atoms in total. The Morgan fingerprint density at radius 2 is 1.16 bits per heavy atom. The van der Waals surface area contributed by atoms with Crippen LogP contribution in [0.5, 0.6) is 0 Å². The number of nitrogens with zero attached hydrogens (tertiary/aromatic N) is 2. The molecule has 0 atom stereocenters. The van der Waals surface area contributed by atoms with Gasteiger partial charge in [-0.05, 0) is 176 Å². The number of likely N-dealkylation sites (tertiary alicyclic amines) is 2. The maximum atomic E-state index is 12.3. The summed E-state index contributed by atoms with van der Waals surface area (Å²) in [4.78, 5) is 36.2. The summed E-state index contributed by atoms with van der Waals surface area (Å²) in [5, 5.41) is 8.25. The zero-order chi connectivity index (χ0) is 38.5. The average Bonchev–Trinajstić information content (AvgIpc) is 3.71. The van der Waals surface area contributed by atoms with Crippen LogP contribution in [-0.2, 0) is 9.47 Å². The summed E-state index contributed by atoms with van der Waals surface area (Å²) < 4.78 is 10.9. The fourth-order valence-corrected chi connectivity index (χ4v) is 8.89. The number of aromatic amines is 2. The number of aromatic nitrogens is 2. The number of ether oxygens (including phenoxy) is 2. The van der Waals surface area contributed by atoms with Gasteiger partial charge in [-0.2, -0.15) is 0 Å². The molecule has 55 heavy (non-hydrogen) atoms. The van der Waals surface area contributed by atoms with Crippen molar-refractivity contribution < 1.29 is 19.1 Å². The van der Waals surface area contributed by atoms with Gasteiger partial charge in [0.25, 0.3) is 0 Å². The van der Waals surface area contributed by atoms with Crippen molar-refractivity contribution in [1.29, 1.82) is 0 Å². The normalized spacial score (nSPS) is 19.7. The van der Waals surface area contributed by atoms with Crippen LogP contribution in [0, 0.1) is 5.92 Å². The number of hydrogen-bond donors (Lipinski definition) is 4. The lowest BCUT2D eigenvalue weighted by molar-refractivity contribution is 0.0865. The number of nitrogens with one attached hydrogen (secondary N) is 4. The molecule has 2 saturated carbocycles. The van der Waals surface area contributed by atoms with Crippen molar-refractivity contribution in [3.05, 3.63) is 59.9 Å². The Bertz CT molecular complexity index is 1880. The standard InChI is InChI=1S/C24H35N3O2.C21H29N3O2/c1-17(2)16-27-12-10-18(11-13-27)22-15-25-23-9-8-19(14-21(22)23)26-24(28)29-20-6-4-3-5-7-20;1-21(2,3)24-10-8-14(9-11-24)18-13-22-19-7-4-15(12-17(18)19)23-20(25)26-16-5-6-16/h8-9,14-15,17-18,20,25H,3-7,10-13,16H2,1-2H3,(H,26,28);4,7,12-14,16,22H,5-6,8-11H2,1-3H3,(H,23,25). The Morgan fingerprint density at radius 1 is 0.691 bits per heavy atom. The second kappa shape index (κ2) is 17.4. The molecule has 2 amide bonds. The maximum Gasteiger partial charge on any atom is 0.411 e. The maximum absolute atomic E-state index is 12.3. The molecule has 4 aromatic rings. The van der Waals surface area contributed by atoms with Crippen molar-refractivity contribution in [2.45, 2.75) is 135 Å². The Labute approximate surface area is 327 Å². The summed E-state index contributed by atoms with van der Waals surface area (Å²) in [6.45, 7) is 17.2. The van der Waals surface area contributed by atoms with Crippen LogP contribution in [-0.4, -0.2) is 82.4 Å². The van der Waals surface area contributed by atoms with Gasteiger partial charge in [0.05, 0.1) is 0 Å². The van der Waals surface area contributed by atoms with Gasteiger partial charge in [0.15, 0.2) is 0 Å². The molecule has 2 aromatic carbocycles. The van der Waals surface area contributed by atoms with Gasteiger partial charge in [0, 0.05) is 57.7 Å². The van der Waals surface area contributed by atoms with Crippen LogP contribution in [0.1, 0.15) is 128 Å². The minimum Gasteiger partial charge on any atom is -0.446 e. The molecule has 2 saturated heterocycles. The second-order valence-corrected chi connectivity index (χ2v) is 17.9. The average molecular weight is 753 g/mol. The molecule has 10 heteroatoms. The number of anilines is 2. The first-order valence-electron chi connectivity index (χ1n) is 21.1. The SMILES string of the molecule is CC(C)(C)N1CCC(c2c[nH]c3ccc(NC(=O)OC4CC4)cc23)CC1.CC(C)CN1CCC(c2c[nH]c3ccc(NC(=O)OC4CCCCC4)cc23)CC1.